The van der Waals surface area contributed by atoms with Crippen LogP contribution in [0.5, 0.6) is 0 Å². The van der Waals surface area contributed by atoms with Crippen molar-refractivity contribution < 1.29 is 0 Å². The molecule has 0 heterocycles. The first-order valence-corrected chi connectivity index (χ1v) is 7.71. The fourth-order valence-electron chi connectivity index (χ4n) is 2.20. The van der Waals surface area contributed by atoms with Crippen LogP contribution >= 0.6 is 11.8 Å². The van der Waals surface area contributed by atoms with E-state index in [4.69, 9.17) is 11.0 Å². The summed E-state index contributed by atoms with van der Waals surface area (Å²) in [6.45, 7) is 0. The van der Waals surface area contributed by atoms with E-state index >= 15 is 0 Å². The number of nitriles is 1. The van der Waals surface area contributed by atoms with Gasteiger partial charge in [-0.2, -0.15) is 5.26 Å². The number of rotatable bonds is 3. The average molecular weight is 302 g/mol. The monoisotopic (exact) mass is 302 g/mol. The summed E-state index contributed by atoms with van der Waals surface area (Å²) in [4.78, 5) is 2.14. The normalized spacial score (nSPS) is 10.1. The first-order valence-electron chi connectivity index (χ1n) is 6.89. The maximum Gasteiger partial charge on any atom is 0.101 e. The molecule has 2 nitrogen and oxygen atoms in total. The summed E-state index contributed by atoms with van der Waals surface area (Å²) in [6, 6.07) is 26.3. The largest absolute Gasteiger partial charge is 0.398 e. The Morgan fingerprint density at radius 1 is 0.773 bits per heavy atom. The average Bonchev–Trinajstić information content (AvgIpc) is 2.58. The van der Waals surface area contributed by atoms with Gasteiger partial charge in [-0.3, -0.25) is 0 Å². The SMILES string of the molecule is N#Cc1cc(Sc2cccc(-c3ccccc3)c2)ccc1N. The fourth-order valence-corrected chi connectivity index (χ4v) is 3.12. The lowest BCUT2D eigenvalue weighted by molar-refractivity contribution is 1.38. The number of anilines is 1. The Bertz CT molecular complexity index is 836. The summed E-state index contributed by atoms with van der Waals surface area (Å²) < 4.78 is 0. The molecular weight excluding hydrogens is 288 g/mol. The third-order valence-electron chi connectivity index (χ3n) is 3.32. The summed E-state index contributed by atoms with van der Waals surface area (Å²) in [5.74, 6) is 0. The molecule has 0 radical (unpaired) electrons. The number of nitrogens with two attached hydrogens (primary N) is 1. The Hall–Kier alpha value is -2.70. The Morgan fingerprint density at radius 2 is 1.50 bits per heavy atom. The highest BCUT2D eigenvalue weighted by Gasteiger charge is 2.04. The zero-order chi connectivity index (χ0) is 15.4. The van der Waals surface area contributed by atoms with Crippen LogP contribution in [0.15, 0.2) is 82.6 Å². The predicted octanol–water partition coefficient (Wildman–Crippen LogP) is 4.96. The van der Waals surface area contributed by atoms with Crippen LogP contribution < -0.4 is 5.73 Å². The fraction of sp³-hybridized carbons (Fsp3) is 0. The zero-order valence-corrected chi connectivity index (χ0v) is 12.7. The maximum atomic E-state index is 9.06. The van der Waals surface area contributed by atoms with Gasteiger partial charge in [-0.1, -0.05) is 54.2 Å². The first kappa shape index (κ1) is 14.2. The molecule has 0 saturated carbocycles. The first-order chi connectivity index (χ1) is 10.8. The summed E-state index contributed by atoms with van der Waals surface area (Å²) in [7, 11) is 0. The van der Waals surface area contributed by atoms with E-state index in [2.05, 4.69) is 36.4 Å². The third-order valence-corrected chi connectivity index (χ3v) is 4.30. The maximum absolute atomic E-state index is 9.06. The van der Waals surface area contributed by atoms with E-state index in [1.165, 1.54) is 11.1 Å². The molecular formula is C19H14N2S. The molecule has 0 saturated heterocycles. The quantitative estimate of drug-likeness (QED) is 0.696. The molecule has 0 bridgehead atoms. The molecule has 0 amide bonds. The summed E-state index contributed by atoms with van der Waals surface area (Å²) >= 11 is 1.63. The highest BCUT2D eigenvalue weighted by atomic mass is 32.2. The molecule has 3 heteroatoms. The highest BCUT2D eigenvalue weighted by Crippen LogP contribution is 2.32. The molecule has 106 valence electrons. The van der Waals surface area contributed by atoms with Gasteiger partial charge in [0, 0.05) is 15.5 Å². The number of nitrogens with zero attached hydrogens (tertiary/aromatic N) is 1. The third kappa shape index (κ3) is 3.13. The van der Waals surface area contributed by atoms with Gasteiger partial charge in [-0.25, -0.2) is 0 Å². The van der Waals surface area contributed by atoms with E-state index in [9.17, 15) is 0 Å². The highest BCUT2D eigenvalue weighted by molar-refractivity contribution is 7.99. The molecule has 0 fully saturated rings. The van der Waals surface area contributed by atoms with Crippen LogP contribution in [0.2, 0.25) is 0 Å². The number of hydrogen-bond acceptors (Lipinski definition) is 3. The van der Waals surface area contributed by atoms with Crippen molar-refractivity contribution in [3.05, 3.63) is 78.4 Å². The molecule has 3 aromatic carbocycles. The van der Waals surface area contributed by atoms with Crippen molar-refractivity contribution in [3.8, 4) is 17.2 Å². The molecule has 0 aliphatic rings. The van der Waals surface area contributed by atoms with Gasteiger partial charge < -0.3 is 5.73 Å². The van der Waals surface area contributed by atoms with E-state index < -0.39 is 0 Å². The van der Waals surface area contributed by atoms with E-state index in [1.54, 1.807) is 17.8 Å². The molecule has 0 aliphatic carbocycles. The van der Waals surface area contributed by atoms with Crippen molar-refractivity contribution in [1.82, 2.24) is 0 Å². The van der Waals surface area contributed by atoms with Crippen LogP contribution in [0, 0.1) is 11.3 Å². The smallest absolute Gasteiger partial charge is 0.101 e. The van der Waals surface area contributed by atoms with Crippen LogP contribution in [0.3, 0.4) is 0 Å². The van der Waals surface area contributed by atoms with Crippen molar-refractivity contribution >= 4 is 17.4 Å². The Labute approximate surface area is 134 Å². The van der Waals surface area contributed by atoms with Crippen LogP contribution in [0.4, 0.5) is 5.69 Å². The molecule has 22 heavy (non-hydrogen) atoms. The van der Waals surface area contributed by atoms with E-state index in [1.807, 2.05) is 36.4 Å². The van der Waals surface area contributed by atoms with Crippen molar-refractivity contribution in [2.75, 3.05) is 5.73 Å². The second kappa shape index (κ2) is 6.38. The Morgan fingerprint density at radius 3 is 2.27 bits per heavy atom. The molecule has 3 rings (SSSR count). The summed E-state index contributed by atoms with van der Waals surface area (Å²) in [5.41, 5.74) is 9.17. The number of benzene rings is 3. The standard InChI is InChI=1S/C19H14N2S/c20-13-16-12-18(9-10-19(16)21)22-17-8-4-7-15(11-17)14-5-2-1-3-6-14/h1-12H,21H2. The minimum atomic E-state index is 0.518. The van der Waals surface area contributed by atoms with Gasteiger partial charge in [0.1, 0.15) is 6.07 Å². The van der Waals surface area contributed by atoms with Gasteiger partial charge in [-0.15, -0.1) is 0 Å². The predicted molar refractivity (Wildman–Crippen MR) is 91.6 cm³/mol. The summed E-state index contributed by atoms with van der Waals surface area (Å²) in [6.07, 6.45) is 0. The molecule has 3 aromatic rings. The van der Waals surface area contributed by atoms with Gasteiger partial charge in [0.2, 0.25) is 0 Å². The lowest BCUT2D eigenvalue weighted by atomic mass is 10.1. The van der Waals surface area contributed by atoms with Gasteiger partial charge in [0.25, 0.3) is 0 Å². The minimum absolute atomic E-state index is 0.518. The van der Waals surface area contributed by atoms with Crippen LogP contribution in [-0.2, 0) is 0 Å². The Balaban J connectivity index is 1.89. The molecule has 0 spiro atoms. The number of nitrogen functional groups attached to an aromatic ring is 1. The lowest BCUT2D eigenvalue weighted by Gasteiger charge is -2.06. The molecule has 0 aromatic heterocycles. The number of hydrogen-bond donors (Lipinski definition) is 1. The van der Waals surface area contributed by atoms with E-state index in [-0.39, 0.29) is 0 Å². The van der Waals surface area contributed by atoms with Crippen LogP contribution in [-0.4, -0.2) is 0 Å². The second-order valence-electron chi connectivity index (χ2n) is 4.86. The minimum Gasteiger partial charge on any atom is -0.398 e. The van der Waals surface area contributed by atoms with Crippen LogP contribution in [0.25, 0.3) is 11.1 Å². The second-order valence-corrected chi connectivity index (χ2v) is 6.00. The topological polar surface area (TPSA) is 49.8 Å². The van der Waals surface area contributed by atoms with Crippen molar-refractivity contribution in [2.24, 2.45) is 0 Å². The van der Waals surface area contributed by atoms with Gasteiger partial charge in [0.05, 0.1) is 5.56 Å². The van der Waals surface area contributed by atoms with Gasteiger partial charge >= 0.3 is 0 Å². The van der Waals surface area contributed by atoms with Gasteiger partial charge in [-0.05, 0) is 41.5 Å². The summed E-state index contributed by atoms with van der Waals surface area (Å²) in [5, 5.41) is 9.06. The van der Waals surface area contributed by atoms with Crippen molar-refractivity contribution in [2.45, 2.75) is 9.79 Å². The molecule has 0 aliphatic heterocycles. The molecule has 0 unspecified atom stereocenters. The van der Waals surface area contributed by atoms with Crippen molar-refractivity contribution in [3.63, 3.8) is 0 Å². The molecule has 0 atom stereocenters. The zero-order valence-electron chi connectivity index (χ0n) is 11.9. The molecule has 2 N–H and O–H groups in total. The van der Waals surface area contributed by atoms with Crippen LogP contribution in [0.1, 0.15) is 5.56 Å². The van der Waals surface area contributed by atoms with E-state index in [0.29, 0.717) is 11.3 Å². The van der Waals surface area contributed by atoms with Crippen molar-refractivity contribution in [1.29, 1.82) is 5.26 Å². The lowest BCUT2D eigenvalue weighted by Crippen LogP contribution is -1.89. The van der Waals surface area contributed by atoms with Gasteiger partial charge in [0.15, 0.2) is 0 Å². The van der Waals surface area contributed by atoms with E-state index in [0.717, 1.165) is 9.79 Å². The Kier molecular flexibility index (Phi) is 4.13.